The minimum Gasteiger partial charge on any atom is -0.489 e. The van der Waals surface area contributed by atoms with Crippen molar-refractivity contribution in [3.8, 4) is 17.2 Å². The SMILES string of the molecule is O=C(Pc1c(OCc2ccccc2)cc(OCc2ccccc2)cc1OCc1ccccc1)c1c(Cl)cccc1Cl.[Li+]. The number of rotatable bonds is 12. The average Bonchev–Trinajstić information content (AvgIpc) is 3.00. The number of carbonyl (C=O) groups excluding carboxylic acids is 1. The van der Waals surface area contributed by atoms with E-state index in [9.17, 15) is 4.79 Å². The van der Waals surface area contributed by atoms with Gasteiger partial charge in [-0.05, 0) is 37.4 Å². The van der Waals surface area contributed by atoms with Gasteiger partial charge in [0.15, 0.2) is 5.52 Å². The number of ether oxygens (including phenoxy) is 3. The monoisotopic (exact) mass is 607 g/mol. The first-order chi connectivity index (χ1) is 20.1. The van der Waals surface area contributed by atoms with Crippen LogP contribution in [0.1, 0.15) is 27.0 Å². The summed E-state index contributed by atoms with van der Waals surface area (Å²) in [6, 6.07) is 38.2. The molecule has 8 heteroatoms. The van der Waals surface area contributed by atoms with E-state index in [4.69, 9.17) is 37.4 Å². The molecule has 0 amide bonds. The van der Waals surface area contributed by atoms with Crippen molar-refractivity contribution < 1.29 is 37.9 Å². The third kappa shape index (κ3) is 8.65. The van der Waals surface area contributed by atoms with Gasteiger partial charge in [-0.15, -0.1) is 0 Å². The van der Waals surface area contributed by atoms with Gasteiger partial charge in [0.05, 0.1) is 20.9 Å². The van der Waals surface area contributed by atoms with Crippen LogP contribution in [0, 0.1) is 0 Å². The van der Waals surface area contributed by atoms with Gasteiger partial charge in [-0.2, -0.15) is 0 Å². The maximum atomic E-state index is 13.6. The molecule has 1 atom stereocenters. The van der Waals surface area contributed by atoms with Crippen molar-refractivity contribution in [1.82, 2.24) is 0 Å². The maximum Gasteiger partial charge on any atom is 1.00 e. The summed E-state index contributed by atoms with van der Waals surface area (Å²) in [5.41, 5.74) is 3.07. The Kier molecular flexibility index (Phi) is 12.0. The molecule has 5 aromatic carbocycles. The van der Waals surface area contributed by atoms with E-state index in [1.54, 1.807) is 18.2 Å². The molecular weight excluding hydrogens is 581 g/mol. The number of hydrogen-bond donors (Lipinski definition) is 0. The van der Waals surface area contributed by atoms with E-state index in [-0.39, 0.29) is 38.5 Å². The molecule has 0 fully saturated rings. The number of carbonyl (C=O) groups is 1. The summed E-state index contributed by atoms with van der Waals surface area (Å²) in [5.74, 6) is 1.56. The van der Waals surface area contributed by atoms with E-state index in [2.05, 4.69) is 0 Å². The summed E-state index contributed by atoms with van der Waals surface area (Å²) in [5, 5.41) is 1.22. The van der Waals surface area contributed by atoms with Crippen LogP contribution in [0.2, 0.25) is 10.0 Å². The number of hydrogen-bond acceptors (Lipinski definition) is 4. The van der Waals surface area contributed by atoms with Crippen LogP contribution < -0.4 is 38.4 Å². The zero-order valence-electron chi connectivity index (χ0n) is 23.1. The average molecular weight is 608 g/mol. The first-order valence-electron chi connectivity index (χ1n) is 13.0. The zero-order valence-corrected chi connectivity index (χ0v) is 25.6. The molecule has 206 valence electrons. The van der Waals surface area contributed by atoms with E-state index >= 15 is 0 Å². The van der Waals surface area contributed by atoms with Crippen LogP contribution in [-0.2, 0) is 19.8 Å². The first kappa shape index (κ1) is 31.7. The second-order valence-electron chi connectivity index (χ2n) is 9.17. The molecule has 4 nitrogen and oxygen atoms in total. The summed E-state index contributed by atoms with van der Waals surface area (Å²) in [7, 11) is -0.361. The van der Waals surface area contributed by atoms with E-state index < -0.39 is 0 Å². The Bertz CT molecular complexity index is 1520. The summed E-state index contributed by atoms with van der Waals surface area (Å²) in [6.07, 6.45) is 0. The molecule has 0 aliphatic heterocycles. The molecule has 0 saturated carbocycles. The Morgan fingerprint density at radius 1 is 0.571 bits per heavy atom. The molecule has 42 heavy (non-hydrogen) atoms. The van der Waals surface area contributed by atoms with E-state index in [1.807, 2.05) is 103 Å². The van der Waals surface area contributed by atoms with Crippen LogP contribution >= 0.6 is 31.8 Å². The second-order valence-corrected chi connectivity index (χ2v) is 11.2. The smallest absolute Gasteiger partial charge is 0.489 e. The van der Waals surface area contributed by atoms with Crippen LogP contribution in [0.4, 0.5) is 0 Å². The van der Waals surface area contributed by atoms with Gasteiger partial charge < -0.3 is 14.2 Å². The van der Waals surface area contributed by atoms with Crippen molar-refractivity contribution in [3.63, 3.8) is 0 Å². The van der Waals surface area contributed by atoms with E-state index in [0.29, 0.717) is 52.4 Å². The molecule has 0 bridgehead atoms. The Morgan fingerprint density at radius 2 is 0.976 bits per heavy atom. The normalized spacial score (nSPS) is 10.7. The Hall–Kier alpha value is -3.22. The Morgan fingerprint density at radius 3 is 1.40 bits per heavy atom. The van der Waals surface area contributed by atoms with Crippen molar-refractivity contribution in [2.24, 2.45) is 0 Å². The van der Waals surface area contributed by atoms with Gasteiger partial charge in [0.25, 0.3) is 0 Å². The first-order valence-corrected chi connectivity index (χ1v) is 14.8. The Labute approximate surface area is 269 Å². The minimum absolute atomic E-state index is 0. The van der Waals surface area contributed by atoms with Crippen LogP contribution in [0.3, 0.4) is 0 Å². The fraction of sp³-hybridized carbons (Fsp3) is 0.0882. The van der Waals surface area contributed by atoms with Crippen molar-refractivity contribution in [1.29, 1.82) is 0 Å². The van der Waals surface area contributed by atoms with Crippen LogP contribution in [0.15, 0.2) is 121 Å². The number of benzene rings is 5. The predicted molar refractivity (Wildman–Crippen MR) is 168 cm³/mol. The molecule has 5 rings (SSSR count). The van der Waals surface area contributed by atoms with Gasteiger partial charge >= 0.3 is 18.9 Å². The van der Waals surface area contributed by atoms with Gasteiger partial charge in [-0.1, -0.05) is 120 Å². The molecule has 0 heterocycles. The molecule has 5 aromatic rings. The van der Waals surface area contributed by atoms with Gasteiger partial charge in [0.1, 0.15) is 37.1 Å². The van der Waals surface area contributed by atoms with Crippen molar-refractivity contribution in [3.05, 3.63) is 154 Å². The molecule has 0 spiro atoms. The standard InChI is InChI=1S/C34H27Cl2O4P.Li/c35-28-17-10-18-29(36)32(28)34(37)41-33-30(39-22-25-13-6-2-7-14-25)19-27(38-21-24-11-4-1-5-12-24)20-31(33)40-23-26-15-8-3-9-16-26;/h1-20,41H,21-23H2;/q;+1. The van der Waals surface area contributed by atoms with Crippen LogP contribution in [0.5, 0.6) is 17.2 Å². The molecule has 0 radical (unpaired) electrons. The predicted octanol–water partition coefficient (Wildman–Crippen LogP) is 5.88. The maximum absolute atomic E-state index is 13.6. The largest absolute Gasteiger partial charge is 1.00 e. The third-order valence-electron chi connectivity index (χ3n) is 6.19. The topological polar surface area (TPSA) is 44.8 Å². The third-order valence-corrected chi connectivity index (χ3v) is 8.04. The van der Waals surface area contributed by atoms with Gasteiger partial charge in [-0.3, -0.25) is 4.79 Å². The van der Waals surface area contributed by atoms with Crippen molar-refractivity contribution >= 4 is 42.6 Å². The zero-order chi connectivity index (χ0) is 28.4. The van der Waals surface area contributed by atoms with Gasteiger partial charge in [0.2, 0.25) is 0 Å². The van der Waals surface area contributed by atoms with E-state index in [1.165, 1.54) is 0 Å². The molecule has 0 N–H and O–H groups in total. The molecule has 0 aliphatic rings. The summed E-state index contributed by atoms with van der Waals surface area (Å²) in [4.78, 5) is 13.6. The van der Waals surface area contributed by atoms with Crippen molar-refractivity contribution in [2.45, 2.75) is 19.8 Å². The minimum atomic E-state index is -0.361. The molecular formula is C34H27Cl2LiO4P+. The second kappa shape index (κ2) is 15.9. The molecule has 0 aliphatic carbocycles. The van der Waals surface area contributed by atoms with Crippen LogP contribution in [-0.4, -0.2) is 5.52 Å². The van der Waals surface area contributed by atoms with Gasteiger partial charge in [0, 0.05) is 12.1 Å². The summed E-state index contributed by atoms with van der Waals surface area (Å²) in [6.45, 7) is 0.978. The number of halogens is 2. The molecule has 0 saturated heterocycles. The summed E-state index contributed by atoms with van der Waals surface area (Å²) >= 11 is 12.8. The molecule has 0 aromatic heterocycles. The van der Waals surface area contributed by atoms with Gasteiger partial charge in [-0.25, -0.2) is 0 Å². The van der Waals surface area contributed by atoms with E-state index in [0.717, 1.165) is 16.7 Å². The quantitative estimate of drug-likeness (QED) is 0.131. The molecule has 1 unspecified atom stereocenters. The van der Waals surface area contributed by atoms with Crippen molar-refractivity contribution in [2.75, 3.05) is 0 Å². The summed E-state index contributed by atoms with van der Waals surface area (Å²) < 4.78 is 18.8. The Balaban J connectivity index is 0.00000405. The fourth-order valence-electron chi connectivity index (χ4n) is 4.10. The van der Waals surface area contributed by atoms with Crippen LogP contribution in [0.25, 0.3) is 0 Å². The fourth-order valence-corrected chi connectivity index (χ4v) is 5.99.